The third-order valence-corrected chi connectivity index (χ3v) is 6.65. The van der Waals surface area contributed by atoms with Gasteiger partial charge in [-0.25, -0.2) is 9.48 Å². The number of carbonyl (C=O) groups is 2. The first-order valence-electron chi connectivity index (χ1n) is 12.6. The lowest BCUT2D eigenvalue weighted by Gasteiger charge is -2.31. The molecule has 0 saturated carbocycles. The Hall–Kier alpha value is -4.33. The number of benzene rings is 2. The molecule has 2 aromatic carbocycles. The van der Waals surface area contributed by atoms with Gasteiger partial charge in [-0.15, -0.1) is 0 Å². The summed E-state index contributed by atoms with van der Waals surface area (Å²) in [5.74, 6) is 0.452. The van der Waals surface area contributed by atoms with E-state index in [1.807, 2.05) is 60.3 Å². The number of nitrogens with zero attached hydrogens (tertiary/aromatic N) is 4. The first-order chi connectivity index (χ1) is 18.0. The summed E-state index contributed by atoms with van der Waals surface area (Å²) in [4.78, 5) is 27.5. The molecule has 0 radical (unpaired) electrons. The maximum Gasteiger partial charge on any atom is 0.325 e. The Morgan fingerprint density at radius 1 is 1.03 bits per heavy atom. The topological polar surface area (TPSA) is 81.4 Å². The molecule has 0 aliphatic carbocycles. The van der Waals surface area contributed by atoms with Gasteiger partial charge in [0, 0.05) is 11.8 Å². The molecule has 4 aromatic rings. The number of carbonyl (C=O) groups excluding carboxylic acids is 2. The van der Waals surface area contributed by atoms with Crippen LogP contribution in [-0.4, -0.2) is 44.4 Å². The van der Waals surface area contributed by atoms with Crippen molar-refractivity contribution >= 4 is 12.0 Å². The number of hydrogen-bond donors (Lipinski definition) is 1. The van der Waals surface area contributed by atoms with Crippen molar-refractivity contribution in [3.05, 3.63) is 101 Å². The number of nitrogens with one attached hydrogen (secondary N) is 1. The number of esters is 1. The predicted octanol–water partition coefficient (Wildman–Crippen LogP) is 4.71. The van der Waals surface area contributed by atoms with Crippen molar-refractivity contribution in [2.45, 2.75) is 39.8 Å². The number of para-hydroxylation sites is 1. The van der Waals surface area contributed by atoms with E-state index in [1.54, 1.807) is 11.8 Å². The lowest BCUT2D eigenvalue weighted by molar-refractivity contribution is -0.141. The fourth-order valence-corrected chi connectivity index (χ4v) is 4.91. The third kappa shape index (κ3) is 4.62. The summed E-state index contributed by atoms with van der Waals surface area (Å²) in [6.45, 7) is 6.26. The van der Waals surface area contributed by atoms with Gasteiger partial charge in [0.25, 0.3) is 0 Å². The fraction of sp³-hybridized carbons (Fsp3) is 0.276. The van der Waals surface area contributed by atoms with Gasteiger partial charge < -0.3 is 19.5 Å². The molecule has 3 heterocycles. The highest BCUT2D eigenvalue weighted by Gasteiger charge is 2.36. The molecule has 0 bridgehead atoms. The van der Waals surface area contributed by atoms with Crippen LogP contribution in [0.25, 0.3) is 11.5 Å². The van der Waals surface area contributed by atoms with Crippen molar-refractivity contribution < 1.29 is 14.3 Å². The summed E-state index contributed by atoms with van der Waals surface area (Å²) in [6, 6.07) is 21.6. The van der Waals surface area contributed by atoms with E-state index in [0.717, 1.165) is 39.6 Å². The Morgan fingerprint density at radius 3 is 2.49 bits per heavy atom. The lowest BCUT2D eigenvalue weighted by Crippen LogP contribution is -2.44. The normalized spacial score (nSPS) is 14.5. The van der Waals surface area contributed by atoms with Gasteiger partial charge in [-0.1, -0.05) is 55.0 Å². The minimum absolute atomic E-state index is 0.193. The van der Waals surface area contributed by atoms with Crippen molar-refractivity contribution in [2.24, 2.45) is 0 Å². The number of amides is 2. The number of ether oxygens (including phenoxy) is 1. The average Bonchev–Trinajstić information content (AvgIpc) is 3.50. The highest BCUT2D eigenvalue weighted by Crippen LogP contribution is 2.38. The van der Waals surface area contributed by atoms with Crippen molar-refractivity contribution in [1.82, 2.24) is 24.6 Å². The molecular weight excluding hydrogens is 466 g/mol. The molecule has 190 valence electrons. The van der Waals surface area contributed by atoms with Crippen LogP contribution in [0.4, 0.5) is 4.79 Å². The summed E-state index contributed by atoms with van der Waals surface area (Å²) in [6.07, 6.45) is 2.74. The minimum Gasteiger partial charge on any atom is -0.465 e. The molecule has 37 heavy (non-hydrogen) atoms. The van der Waals surface area contributed by atoms with E-state index in [4.69, 9.17) is 9.84 Å². The zero-order valence-electron chi connectivity index (χ0n) is 21.3. The third-order valence-electron chi connectivity index (χ3n) is 6.65. The Kier molecular flexibility index (Phi) is 6.81. The van der Waals surface area contributed by atoms with Gasteiger partial charge in [0.15, 0.2) is 0 Å². The largest absolute Gasteiger partial charge is 0.465 e. The second kappa shape index (κ2) is 10.3. The summed E-state index contributed by atoms with van der Waals surface area (Å²) in [5, 5.41) is 7.75. The van der Waals surface area contributed by atoms with E-state index in [1.165, 1.54) is 0 Å². The van der Waals surface area contributed by atoms with Gasteiger partial charge in [0.1, 0.15) is 12.4 Å². The SMILES string of the molecule is CCOC(=O)CNC(=O)N1Cc2c(CC)nn(-c3ccccc3)c2-n2cccc2[C@@H]1c1ccc(C)cc1. The van der Waals surface area contributed by atoms with Gasteiger partial charge in [0.2, 0.25) is 0 Å². The van der Waals surface area contributed by atoms with Gasteiger partial charge >= 0.3 is 12.0 Å². The Labute approximate surface area is 216 Å². The standard InChI is InChI=1S/C29H31N5O3/c1-4-24-23-19-33(29(36)30-18-26(35)37-5-2)27(21-15-13-20(3)14-16-21)25-12-9-17-32(25)28(23)34(31-24)22-10-7-6-8-11-22/h6-17,27H,4-5,18-19H2,1-3H3,(H,30,36)/t27-/m0/s1. The smallest absolute Gasteiger partial charge is 0.325 e. The second-order valence-electron chi connectivity index (χ2n) is 9.06. The van der Waals surface area contributed by atoms with Crippen LogP contribution in [0.15, 0.2) is 72.9 Å². The zero-order valence-corrected chi connectivity index (χ0v) is 21.3. The first kappa shape index (κ1) is 24.4. The van der Waals surface area contributed by atoms with E-state index < -0.39 is 5.97 Å². The second-order valence-corrected chi connectivity index (χ2v) is 9.06. The summed E-state index contributed by atoms with van der Waals surface area (Å²) in [7, 11) is 0. The molecule has 5 rings (SSSR count). The molecule has 0 saturated heterocycles. The Balaban J connectivity index is 1.67. The number of urea groups is 1. The highest BCUT2D eigenvalue weighted by atomic mass is 16.5. The molecule has 0 unspecified atom stereocenters. The number of aromatic nitrogens is 3. The van der Waals surface area contributed by atoms with Crippen LogP contribution in [-0.2, 0) is 22.5 Å². The zero-order chi connectivity index (χ0) is 25.9. The molecule has 1 aliphatic rings. The van der Waals surface area contributed by atoms with Crippen LogP contribution in [0, 0.1) is 6.92 Å². The summed E-state index contributed by atoms with van der Waals surface area (Å²) in [5.41, 5.74) is 5.91. The Morgan fingerprint density at radius 2 is 1.78 bits per heavy atom. The van der Waals surface area contributed by atoms with Crippen LogP contribution in [0.1, 0.15) is 48.0 Å². The van der Waals surface area contributed by atoms with Crippen molar-refractivity contribution in [3.8, 4) is 11.5 Å². The highest BCUT2D eigenvalue weighted by molar-refractivity contribution is 5.81. The van der Waals surface area contributed by atoms with Crippen molar-refractivity contribution in [2.75, 3.05) is 13.2 Å². The quantitative estimate of drug-likeness (QED) is 0.391. The molecule has 0 fully saturated rings. The Bertz CT molecular complexity index is 1410. The van der Waals surface area contributed by atoms with E-state index in [9.17, 15) is 9.59 Å². The molecule has 2 amide bonds. The van der Waals surface area contributed by atoms with Gasteiger partial charge in [-0.3, -0.25) is 4.79 Å². The summed E-state index contributed by atoms with van der Waals surface area (Å²) < 4.78 is 9.13. The van der Waals surface area contributed by atoms with E-state index >= 15 is 0 Å². The van der Waals surface area contributed by atoms with Crippen molar-refractivity contribution in [1.29, 1.82) is 0 Å². The average molecular weight is 498 g/mol. The molecule has 2 aromatic heterocycles. The molecule has 1 atom stereocenters. The first-order valence-corrected chi connectivity index (χ1v) is 12.6. The van der Waals surface area contributed by atoms with Crippen LogP contribution >= 0.6 is 0 Å². The van der Waals surface area contributed by atoms with Crippen LogP contribution < -0.4 is 5.32 Å². The fourth-order valence-electron chi connectivity index (χ4n) is 4.91. The van der Waals surface area contributed by atoms with E-state index in [-0.39, 0.29) is 25.2 Å². The minimum atomic E-state index is -0.465. The van der Waals surface area contributed by atoms with Crippen LogP contribution in [0.2, 0.25) is 0 Å². The summed E-state index contributed by atoms with van der Waals surface area (Å²) >= 11 is 0. The lowest BCUT2D eigenvalue weighted by atomic mass is 10.0. The van der Waals surface area contributed by atoms with Crippen LogP contribution in [0.3, 0.4) is 0 Å². The molecule has 1 aliphatic heterocycles. The van der Waals surface area contributed by atoms with Crippen LogP contribution in [0.5, 0.6) is 0 Å². The number of hydrogen-bond acceptors (Lipinski definition) is 4. The van der Waals surface area contributed by atoms with Crippen molar-refractivity contribution in [3.63, 3.8) is 0 Å². The molecule has 0 spiro atoms. The maximum atomic E-state index is 13.7. The maximum absolute atomic E-state index is 13.7. The molecule has 8 nitrogen and oxygen atoms in total. The van der Waals surface area contributed by atoms with Gasteiger partial charge in [-0.05, 0) is 50.1 Å². The van der Waals surface area contributed by atoms with E-state index in [0.29, 0.717) is 13.0 Å². The number of fused-ring (bicyclic) bond motifs is 3. The van der Waals surface area contributed by atoms with E-state index in [2.05, 4.69) is 41.1 Å². The number of rotatable bonds is 6. The number of aryl methyl sites for hydroxylation is 2. The molecule has 1 N–H and O–H groups in total. The van der Waals surface area contributed by atoms with Gasteiger partial charge in [0.05, 0.1) is 36.3 Å². The monoisotopic (exact) mass is 497 g/mol. The molecule has 8 heteroatoms. The van der Waals surface area contributed by atoms with Gasteiger partial charge in [-0.2, -0.15) is 5.10 Å². The molecular formula is C29H31N5O3. The predicted molar refractivity (Wildman–Crippen MR) is 141 cm³/mol.